The highest BCUT2D eigenvalue weighted by atomic mass is 13.8. The van der Waals surface area contributed by atoms with Crippen molar-refractivity contribution in [2.24, 2.45) is 0 Å². The van der Waals surface area contributed by atoms with Gasteiger partial charge in [0.15, 0.2) is 0 Å². The van der Waals surface area contributed by atoms with Crippen molar-refractivity contribution in [2.45, 2.75) is 6.92 Å². The van der Waals surface area contributed by atoms with Gasteiger partial charge in [0.2, 0.25) is 0 Å². The van der Waals surface area contributed by atoms with E-state index in [4.69, 9.17) is 0 Å². The average Bonchev–Trinajstić information content (AvgIpc) is 1.69. The summed E-state index contributed by atoms with van der Waals surface area (Å²) in [7, 11) is 0. The van der Waals surface area contributed by atoms with Gasteiger partial charge in [-0.2, -0.15) is 0 Å². The van der Waals surface area contributed by atoms with Gasteiger partial charge in [0.1, 0.15) is 0 Å². The van der Waals surface area contributed by atoms with E-state index in [0.29, 0.717) is 0 Å². The molecule has 0 fully saturated rings. The largest absolute Gasteiger partial charge is 0.0462 e. The molecule has 33 valence electrons. The molecule has 0 bridgehead atoms. The molecule has 0 aliphatic rings. The summed E-state index contributed by atoms with van der Waals surface area (Å²) in [5.41, 5.74) is 1.04. The van der Waals surface area contributed by atoms with E-state index >= 15 is 0 Å². The molecule has 0 heteroatoms. The maximum absolute atomic E-state index is 2.92. The van der Waals surface area contributed by atoms with E-state index in [0.717, 1.165) is 5.56 Å². The summed E-state index contributed by atoms with van der Waals surface area (Å²) >= 11 is 0. The molecule has 0 saturated carbocycles. The van der Waals surface area contributed by atoms with Crippen molar-refractivity contribution in [2.75, 3.05) is 0 Å². The molecule has 0 aliphatic carbocycles. The quantitative estimate of drug-likeness (QED) is 0.450. The third-order valence-electron chi connectivity index (χ3n) is 0.744. The van der Waals surface area contributed by atoms with Crippen LogP contribution < -0.4 is 0 Å². The van der Waals surface area contributed by atoms with Crippen LogP contribution in [-0.2, 0) is 0 Å². The second-order valence-corrected chi connectivity index (χ2v) is 1.37. The first-order valence-electron chi connectivity index (χ1n) is 2.15. The Kier molecular flexibility index (Phi) is 1.12. The van der Waals surface area contributed by atoms with Gasteiger partial charge in [0.05, 0.1) is 0 Å². The van der Waals surface area contributed by atoms with Crippen molar-refractivity contribution < 1.29 is 0 Å². The maximum Gasteiger partial charge on any atom is -0.0139 e. The minimum atomic E-state index is 1.04. The standard InChI is InChI=1S/C7H5/c1-7-5-3-2-4-6-7/h3-4H,1H3. The number of aryl methyl sites for hydroxylation is 1. The lowest BCUT2D eigenvalue weighted by molar-refractivity contribution is 1.44. The molecule has 0 aromatic heterocycles. The van der Waals surface area contributed by atoms with Gasteiger partial charge in [-0.3, -0.25) is 0 Å². The van der Waals surface area contributed by atoms with Crippen molar-refractivity contribution in [1.29, 1.82) is 0 Å². The lowest BCUT2D eigenvalue weighted by atomic mass is 10.2. The van der Waals surface area contributed by atoms with Gasteiger partial charge in [0, 0.05) is 0 Å². The minimum absolute atomic E-state index is 1.04. The van der Waals surface area contributed by atoms with Crippen LogP contribution in [0.15, 0.2) is 12.1 Å². The molecule has 0 saturated heterocycles. The van der Waals surface area contributed by atoms with Crippen molar-refractivity contribution in [3.8, 4) is 0 Å². The molecule has 0 nitrogen and oxygen atoms in total. The summed E-state index contributed by atoms with van der Waals surface area (Å²) in [6.45, 7) is 1.95. The molecule has 0 N–H and O–H groups in total. The van der Waals surface area contributed by atoms with Crippen LogP contribution in [-0.4, -0.2) is 0 Å². The van der Waals surface area contributed by atoms with Gasteiger partial charge in [0.25, 0.3) is 0 Å². The highest BCUT2D eigenvalue weighted by Crippen LogP contribution is 1.88. The lowest BCUT2D eigenvalue weighted by Gasteiger charge is -1.80. The third-order valence-corrected chi connectivity index (χ3v) is 0.744. The number of hydrogen-bond acceptors (Lipinski definition) is 0. The van der Waals surface area contributed by atoms with E-state index in [9.17, 15) is 0 Å². The Morgan fingerprint density at radius 2 is 1.86 bits per heavy atom. The molecule has 0 unspecified atom stereocenters. The third kappa shape index (κ3) is 1.04. The summed E-state index contributed by atoms with van der Waals surface area (Å²) in [6.07, 6.45) is 0. The first kappa shape index (κ1) is 4.38. The Labute approximate surface area is 43.8 Å². The van der Waals surface area contributed by atoms with Crippen LogP contribution in [0.5, 0.6) is 0 Å². The SMILES string of the molecule is Cc1[c]c[c]c[c]1. The lowest BCUT2D eigenvalue weighted by Crippen LogP contribution is -1.65. The number of hydrogen-bond donors (Lipinski definition) is 0. The predicted molar refractivity (Wildman–Crippen MR) is 27.7 cm³/mol. The number of benzene rings is 1. The van der Waals surface area contributed by atoms with Crippen LogP contribution in [0.25, 0.3) is 0 Å². The molecule has 0 atom stereocenters. The monoisotopic (exact) mass is 89.0 g/mol. The maximum atomic E-state index is 2.92. The van der Waals surface area contributed by atoms with Crippen molar-refractivity contribution in [1.82, 2.24) is 0 Å². The topological polar surface area (TPSA) is 0 Å². The van der Waals surface area contributed by atoms with Crippen LogP contribution in [0, 0.1) is 25.1 Å². The normalized spacial score (nSPS) is 8.71. The Morgan fingerprint density at radius 3 is 2.14 bits per heavy atom. The first-order chi connectivity index (χ1) is 3.39. The molecular formula is C7H5. The molecule has 1 rings (SSSR count). The molecule has 3 radical (unpaired) electrons. The summed E-state index contributed by atoms with van der Waals surface area (Å²) in [6, 6.07) is 12.2. The molecule has 0 heterocycles. The van der Waals surface area contributed by atoms with E-state index in [1.807, 2.05) is 6.92 Å². The smallest absolute Gasteiger partial charge is 0.0139 e. The van der Waals surface area contributed by atoms with Gasteiger partial charge >= 0.3 is 0 Å². The predicted octanol–water partition coefficient (Wildman–Crippen LogP) is 1.40. The molecule has 1 aromatic carbocycles. The molecule has 7 heavy (non-hydrogen) atoms. The number of rotatable bonds is 0. The Morgan fingerprint density at radius 1 is 1.29 bits per heavy atom. The van der Waals surface area contributed by atoms with Crippen LogP contribution in [0.4, 0.5) is 0 Å². The van der Waals surface area contributed by atoms with Gasteiger partial charge in [-0.1, -0.05) is 0 Å². The Balaban J connectivity index is 3.02. The van der Waals surface area contributed by atoms with E-state index in [2.05, 4.69) is 18.2 Å². The first-order valence-corrected chi connectivity index (χ1v) is 2.15. The average molecular weight is 89.1 g/mol. The molecule has 0 amide bonds. The highest BCUT2D eigenvalue weighted by molar-refractivity contribution is 5.07. The molecular weight excluding hydrogens is 84.1 g/mol. The fraction of sp³-hybridized carbons (Fsp3) is 0.143. The second-order valence-electron chi connectivity index (χ2n) is 1.37. The Bertz CT molecular complexity index is 130. The van der Waals surface area contributed by atoms with Crippen molar-refractivity contribution in [3.63, 3.8) is 0 Å². The van der Waals surface area contributed by atoms with Crippen LogP contribution in [0.3, 0.4) is 0 Å². The van der Waals surface area contributed by atoms with Gasteiger partial charge < -0.3 is 0 Å². The molecule has 0 aliphatic heterocycles. The van der Waals surface area contributed by atoms with E-state index < -0.39 is 0 Å². The fourth-order valence-electron chi connectivity index (χ4n) is 0.383. The van der Waals surface area contributed by atoms with Crippen LogP contribution >= 0.6 is 0 Å². The summed E-state index contributed by atoms with van der Waals surface area (Å²) in [5, 5.41) is 0. The van der Waals surface area contributed by atoms with Gasteiger partial charge in [-0.05, 0) is 42.8 Å². The fourth-order valence-corrected chi connectivity index (χ4v) is 0.383. The summed E-state index contributed by atoms with van der Waals surface area (Å²) in [5.74, 6) is 0. The zero-order valence-corrected chi connectivity index (χ0v) is 4.15. The zero-order chi connectivity index (χ0) is 5.11. The van der Waals surface area contributed by atoms with Gasteiger partial charge in [-0.15, -0.1) is 0 Å². The van der Waals surface area contributed by atoms with Crippen molar-refractivity contribution in [3.05, 3.63) is 35.9 Å². The highest BCUT2D eigenvalue weighted by Gasteiger charge is 1.74. The van der Waals surface area contributed by atoms with E-state index in [1.54, 1.807) is 12.1 Å². The minimum Gasteiger partial charge on any atom is -0.0462 e. The zero-order valence-electron chi connectivity index (χ0n) is 4.15. The van der Waals surface area contributed by atoms with Gasteiger partial charge in [-0.25, -0.2) is 0 Å². The van der Waals surface area contributed by atoms with E-state index in [-0.39, 0.29) is 0 Å². The molecule has 0 spiro atoms. The molecule has 1 aromatic rings. The van der Waals surface area contributed by atoms with Crippen molar-refractivity contribution >= 4 is 0 Å². The van der Waals surface area contributed by atoms with Crippen LogP contribution in [0.1, 0.15) is 5.56 Å². The van der Waals surface area contributed by atoms with E-state index in [1.165, 1.54) is 0 Å². The Hall–Kier alpha value is -0.780. The van der Waals surface area contributed by atoms with Crippen LogP contribution in [0.2, 0.25) is 0 Å². The summed E-state index contributed by atoms with van der Waals surface area (Å²) in [4.78, 5) is 0. The second kappa shape index (κ2) is 1.78. The summed E-state index contributed by atoms with van der Waals surface area (Å²) < 4.78 is 0.